The number of amidine groups is 1. The average molecular weight is 489 g/mol. The van der Waals surface area contributed by atoms with Crippen LogP contribution >= 0.6 is 11.8 Å². The van der Waals surface area contributed by atoms with Crippen LogP contribution in [0.3, 0.4) is 0 Å². The second-order valence-corrected chi connectivity index (χ2v) is 8.92. The van der Waals surface area contributed by atoms with Gasteiger partial charge in [0.05, 0.1) is 29.3 Å². The summed E-state index contributed by atoms with van der Waals surface area (Å²) >= 11 is 1.27. The van der Waals surface area contributed by atoms with E-state index in [2.05, 4.69) is 20.3 Å². The van der Waals surface area contributed by atoms with Gasteiger partial charge in [0.25, 0.3) is 5.91 Å². The third kappa shape index (κ3) is 4.95. The van der Waals surface area contributed by atoms with E-state index in [0.717, 1.165) is 22.0 Å². The van der Waals surface area contributed by atoms with Crippen molar-refractivity contribution in [1.29, 1.82) is 0 Å². The summed E-state index contributed by atoms with van der Waals surface area (Å²) in [6, 6.07) is 12.1. The molecule has 2 aromatic carbocycles. The van der Waals surface area contributed by atoms with Crippen LogP contribution in [-0.2, 0) is 11.2 Å². The summed E-state index contributed by atoms with van der Waals surface area (Å²) in [4.78, 5) is 26.3. The standard InChI is InChI=1S/C26H21FN4O3S/c1-15-13-30-25(34-15)20-14-29-21-7-6-17(11-19(21)23(20)33-2)12-22-24(32)31-26(35-22)28-9-8-16-4-3-5-18(27)10-16/h3-7,10-14H,8-9H2,1-2H3,(H,28,31,32). The summed E-state index contributed by atoms with van der Waals surface area (Å²) in [5.41, 5.74) is 3.08. The van der Waals surface area contributed by atoms with Gasteiger partial charge in [0, 0.05) is 18.1 Å². The second-order valence-electron chi connectivity index (χ2n) is 7.89. The van der Waals surface area contributed by atoms with Gasteiger partial charge < -0.3 is 14.5 Å². The van der Waals surface area contributed by atoms with Crippen LogP contribution in [-0.4, -0.2) is 34.7 Å². The van der Waals surface area contributed by atoms with Crippen LogP contribution in [0.2, 0.25) is 0 Å². The molecule has 1 N–H and O–H groups in total. The van der Waals surface area contributed by atoms with E-state index in [9.17, 15) is 9.18 Å². The van der Waals surface area contributed by atoms with Gasteiger partial charge in [-0.3, -0.25) is 14.8 Å². The first kappa shape index (κ1) is 22.8. The van der Waals surface area contributed by atoms with Crippen LogP contribution in [0, 0.1) is 12.7 Å². The van der Waals surface area contributed by atoms with Crippen LogP contribution in [0.25, 0.3) is 28.4 Å². The minimum Gasteiger partial charge on any atom is -0.495 e. The number of carbonyl (C=O) groups excluding carboxylic acids is 1. The van der Waals surface area contributed by atoms with E-state index >= 15 is 0 Å². The number of hydrogen-bond donors (Lipinski definition) is 1. The number of ether oxygens (including phenoxy) is 1. The van der Waals surface area contributed by atoms with Crippen molar-refractivity contribution in [2.45, 2.75) is 13.3 Å². The molecule has 176 valence electrons. The van der Waals surface area contributed by atoms with Crippen molar-refractivity contribution in [2.75, 3.05) is 13.7 Å². The second kappa shape index (κ2) is 9.71. The number of methoxy groups -OCH3 is 1. The Morgan fingerprint density at radius 3 is 2.86 bits per heavy atom. The molecule has 0 saturated carbocycles. The number of hydrogen-bond acceptors (Lipinski definition) is 7. The van der Waals surface area contributed by atoms with Gasteiger partial charge in [0.2, 0.25) is 5.89 Å². The molecule has 0 spiro atoms. The molecule has 0 bridgehead atoms. The van der Waals surface area contributed by atoms with E-state index in [4.69, 9.17) is 9.15 Å². The molecule has 1 aliphatic rings. The highest BCUT2D eigenvalue weighted by atomic mass is 32.2. The molecular weight excluding hydrogens is 467 g/mol. The zero-order valence-corrected chi connectivity index (χ0v) is 19.9. The van der Waals surface area contributed by atoms with Gasteiger partial charge in [0.1, 0.15) is 17.3 Å². The zero-order chi connectivity index (χ0) is 24.4. The van der Waals surface area contributed by atoms with E-state index in [1.54, 1.807) is 31.6 Å². The van der Waals surface area contributed by atoms with E-state index in [0.29, 0.717) is 46.0 Å². The number of rotatable bonds is 6. The summed E-state index contributed by atoms with van der Waals surface area (Å²) in [6.07, 6.45) is 5.71. The van der Waals surface area contributed by atoms with Crippen LogP contribution in [0.4, 0.5) is 4.39 Å². The number of oxazole rings is 1. The number of aromatic nitrogens is 2. The van der Waals surface area contributed by atoms with Gasteiger partial charge in [-0.05, 0) is 66.6 Å². The molecule has 1 aliphatic heterocycles. The first-order valence-corrected chi connectivity index (χ1v) is 11.7. The fourth-order valence-electron chi connectivity index (χ4n) is 3.76. The highest BCUT2D eigenvalue weighted by molar-refractivity contribution is 8.18. The molecule has 0 unspecified atom stereocenters. The lowest BCUT2D eigenvalue weighted by molar-refractivity contribution is -0.115. The number of aliphatic imine (C=N–C) groups is 1. The lowest BCUT2D eigenvalue weighted by atomic mass is 10.1. The predicted molar refractivity (Wildman–Crippen MR) is 135 cm³/mol. The van der Waals surface area contributed by atoms with Crippen molar-refractivity contribution in [2.24, 2.45) is 4.99 Å². The fraction of sp³-hybridized carbons (Fsp3) is 0.154. The number of aryl methyl sites for hydroxylation is 1. The van der Waals surface area contributed by atoms with Crippen LogP contribution < -0.4 is 10.1 Å². The number of benzene rings is 2. The maximum absolute atomic E-state index is 13.3. The molecular formula is C26H21FN4O3S. The van der Waals surface area contributed by atoms with E-state index in [1.807, 2.05) is 31.2 Å². The quantitative estimate of drug-likeness (QED) is 0.378. The Bertz CT molecular complexity index is 1500. The minimum atomic E-state index is -0.270. The first-order valence-electron chi connectivity index (χ1n) is 10.9. The summed E-state index contributed by atoms with van der Waals surface area (Å²) in [7, 11) is 1.59. The number of pyridine rings is 1. The molecule has 1 fully saturated rings. The Kier molecular flexibility index (Phi) is 6.33. The first-order chi connectivity index (χ1) is 17.0. The highest BCUT2D eigenvalue weighted by Gasteiger charge is 2.24. The van der Waals surface area contributed by atoms with Crippen LogP contribution in [0.5, 0.6) is 5.75 Å². The smallest absolute Gasteiger partial charge is 0.264 e. The molecule has 0 atom stereocenters. The number of nitrogens with one attached hydrogen (secondary N) is 1. The van der Waals surface area contributed by atoms with Gasteiger partial charge >= 0.3 is 0 Å². The maximum atomic E-state index is 13.3. The number of thioether (sulfide) groups is 1. The van der Waals surface area contributed by atoms with E-state index in [1.165, 1.54) is 23.9 Å². The Balaban J connectivity index is 1.38. The van der Waals surface area contributed by atoms with Gasteiger partial charge in [-0.25, -0.2) is 9.37 Å². The number of nitrogens with zero attached hydrogens (tertiary/aromatic N) is 3. The highest BCUT2D eigenvalue weighted by Crippen LogP contribution is 2.36. The Hall–Kier alpha value is -3.98. The topological polar surface area (TPSA) is 89.6 Å². The lowest BCUT2D eigenvalue weighted by Crippen LogP contribution is -2.20. The van der Waals surface area contributed by atoms with Crippen LogP contribution in [0.15, 0.2) is 69.2 Å². The Morgan fingerprint density at radius 1 is 1.20 bits per heavy atom. The fourth-order valence-corrected chi connectivity index (χ4v) is 4.61. The van der Waals surface area contributed by atoms with Gasteiger partial charge in [0.15, 0.2) is 5.17 Å². The minimum absolute atomic E-state index is 0.214. The van der Waals surface area contributed by atoms with Gasteiger partial charge in [-0.2, -0.15) is 0 Å². The van der Waals surface area contributed by atoms with Crippen molar-refractivity contribution in [1.82, 2.24) is 15.3 Å². The molecule has 1 amide bonds. The number of amides is 1. The summed E-state index contributed by atoms with van der Waals surface area (Å²) in [6.45, 7) is 2.27. The average Bonchev–Trinajstić information content (AvgIpc) is 3.43. The Morgan fingerprint density at radius 2 is 2.09 bits per heavy atom. The van der Waals surface area contributed by atoms with Crippen molar-refractivity contribution >= 4 is 39.8 Å². The SMILES string of the molecule is COc1c(-c2ncc(C)o2)cnc2ccc(C=C3SC(=NCCc4cccc(F)c4)NC3=O)cc12. The van der Waals surface area contributed by atoms with E-state index < -0.39 is 0 Å². The molecule has 9 heteroatoms. The predicted octanol–water partition coefficient (Wildman–Crippen LogP) is 5.15. The van der Waals surface area contributed by atoms with Crippen molar-refractivity contribution < 1.29 is 18.3 Å². The van der Waals surface area contributed by atoms with E-state index in [-0.39, 0.29) is 11.7 Å². The third-order valence-corrected chi connectivity index (χ3v) is 6.34. The summed E-state index contributed by atoms with van der Waals surface area (Å²) < 4.78 is 24.7. The molecule has 2 aromatic heterocycles. The zero-order valence-electron chi connectivity index (χ0n) is 19.0. The summed E-state index contributed by atoms with van der Waals surface area (Å²) in [5.74, 6) is 1.24. The normalized spacial score (nSPS) is 15.8. The molecule has 5 rings (SSSR count). The van der Waals surface area contributed by atoms with Crippen molar-refractivity contribution in [3.8, 4) is 17.2 Å². The molecule has 7 nitrogen and oxygen atoms in total. The summed E-state index contributed by atoms with van der Waals surface area (Å²) in [5, 5.41) is 4.10. The molecule has 0 aliphatic carbocycles. The van der Waals surface area contributed by atoms with Crippen molar-refractivity contribution in [3.63, 3.8) is 0 Å². The Labute approximate surface area is 205 Å². The van der Waals surface area contributed by atoms with Gasteiger partial charge in [-0.15, -0.1) is 0 Å². The lowest BCUT2D eigenvalue weighted by Gasteiger charge is -2.10. The molecule has 4 aromatic rings. The van der Waals surface area contributed by atoms with Gasteiger partial charge in [-0.1, -0.05) is 18.2 Å². The monoisotopic (exact) mass is 488 g/mol. The van der Waals surface area contributed by atoms with Crippen LogP contribution in [0.1, 0.15) is 16.9 Å². The number of halogens is 1. The van der Waals surface area contributed by atoms with Crippen molar-refractivity contribution in [3.05, 3.63) is 82.5 Å². The number of fused-ring (bicyclic) bond motifs is 1. The molecule has 3 heterocycles. The third-order valence-electron chi connectivity index (χ3n) is 5.39. The maximum Gasteiger partial charge on any atom is 0.264 e. The molecule has 0 radical (unpaired) electrons. The molecule has 35 heavy (non-hydrogen) atoms. The largest absolute Gasteiger partial charge is 0.495 e. The molecule has 1 saturated heterocycles. The number of carbonyl (C=O) groups is 1.